The van der Waals surface area contributed by atoms with Crippen LogP contribution in [0.25, 0.3) is 0 Å². The Morgan fingerprint density at radius 3 is 2.62 bits per heavy atom. The van der Waals surface area contributed by atoms with Crippen LogP contribution in [-0.2, 0) is 13.2 Å². The van der Waals surface area contributed by atoms with Crippen molar-refractivity contribution in [2.24, 2.45) is 0 Å². The lowest BCUT2D eigenvalue weighted by molar-refractivity contribution is 0.280. The first-order valence-corrected chi connectivity index (χ1v) is 7.87. The van der Waals surface area contributed by atoms with Gasteiger partial charge in [-0.2, -0.15) is 10.2 Å². The van der Waals surface area contributed by atoms with Gasteiger partial charge in [0, 0.05) is 17.5 Å². The topological polar surface area (TPSA) is 55.9 Å². The fraction of sp³-hybridized carbons (Fsp3) is 0.625. The molecule has 1 aliphatic carbocycles. The molecule has 1 saturated carbocycles. The Labute approximate surface area is 125 Å². The van der Waals surface area contributed by atoms with E-state index in [4.69, 9.17) is 5.10 Å². The zero-order valence-electron chi connectivity index (χ0n) is 12.9. The number of aliphatic hydroxyl groups is 1. The fourth-order valence-corrected chi connectivity index (χ4v) is 3.28. The quantitative estimate of drug-likeness (QED) is 0.941. The molecule has 1 aliphatic rings. The van der Waals surface area contributed by atoms with Crippen molar-refractivity contribution >= 4 is 0 Å². The summed E-state index contributed by atoms with van der Waals surface area (Å²) in [6.45, 7) is 4.67. The molecule has 0 aliphatic heterocycles. The smallest absolute Gasteiger partial charge is 0.0853 e. The van der Waals surface area contributed by atoms with E-state index >= 15 is 0 Å². The van der Waals surface area contributed by atoms with Crippen molar-refractivity contribution in [1.29, 1.82) is 0 Å². The number of rotatable bonds is 4. The molecule has 2 aromatic heterocycles. The van der Waals surface area contributed by atoms with Gasteiger partial charge in [-0.3, -0.25) is 9.36 Å². The molecule has 5 heteroatoms. The second kappa shape index (κ2) is 6.02. The summed E-state index contributed by atoms with van der Waals surface area (Å²) in [6, 6.07) is 2.66. The summed E-state index contributed by atoms with van der Waals surface area (Å²) >= 11 is 0. The van der Waals surface area contributed by atoms with Crippen molar-refractivity contribution in [3.05, 3.63) is 34.9 Å². The molecule has 0 bridgehead atoms. The second-order valence-electron chi connectivity index (χ2n) is 6.04. The lowest BCUT2D eigenvalue weighted by atomic mass is 9.96. The highest BCUT2D eigenvalue weighted by atomic mass is 16.3. The molecule has 2 heterocycles. The lowest BCUT2D eigenvalue weighted by Crippen LogP contribution is -2.14. The number of nitrogens with zero attached hydrogens (tertiary/aromatic N) is 4. The molecule has 0 unspecified atom stereocenters. The van der Waals surface area contributed by atoms with Crippen molar-refractivity contribution < 1.29 is 5.11 Å². The van der Waals surface area contributed by atoms with Crippen LogP contribution in [0.15, 0.2) is 12.3 Å². The Bertz CT molecular complexity index is 608. The molecule has 0 atom stereocenters. The minimum Gasteiger partial charge on any atom is -0.392 e. The van der Waals surface area contributed by atoms with Crippen LogP contribution in [0.5, 0.6) is 0 Å². The van der Waals surface area contributed by atoms with E-state index < -0.39 is 0 Å². The predicted molar refractivity (Wildman–Crippen MR) is 81.1 cm³/mol. The van der Waals surface area contributed by atoms with E-state index in [0.717, 1.165) is 22.6 Å². The van der Waals surface area contributed by atoms with E-state index in [1.165, 1.54) is 32.1 Å². The Morgan fingerprint density at radius 2 is 1.95 bits per heavy atom. The van der Waals surface area contributed by atoms with Crippen molar-refractivity contribution in [3.8, 4) is 0 Å². The molecular weight excluding hydrogens is 264 g/mol. The van der Waals surface area contributed by atoms with Crippen LogP contribution >= 0.6 is 0 Å². The first-order chi connectivity index (χ1) is 10.2. The number of aryl methyl sites for hydroxylation is 1. The summed E-state index contributed by atoms with van der Waals surface area (Å²) in [5.41, 5.74) is 3.90. The van der Waals surface area contributed by atoms with E-state index in [-0.39, 0.29) is 6.61 Å². The predicted octanol–water partition coefficient (Wildman–Crippen LogP) is 2.74. The van der Waals surface area contributed by atoms with E-state index in [2.05, 4.69) is 22.0 Å². The molecule has 0 aromatic carbocycles. The second-order valence-corrected chi connectivity index (χ2v) is 6.04. The molecule has 1 N–H and O–H groups in total. The molecule has 2 aromatic rings. The summed E-state index contributed by atoms with van der Waals surface area (Å²) in [5.74, 6) is 0. The molecule has 1 fully saturated rings. The molecule has 3 rings (SSSR count). The summed E-state index contributed by atoms with van der Waals surface area (Å²) in [6.07, 6.45) is 8.59. The SMILES string of the molecule is Cc1nn(Cc2ccn(C3CCCCC3)n2)c(C)c1CO. The number of hydrogen-bond acceptors (Lipinski definition) is 3. The van der Waals surface area contributed by atoms with Gasteiger partial charge in [0.05, 0.1) is 30.6 Å². The third-order valence-corrected chi connectivity index (χ3v) is 4.61. The van der Waals surface area contributed by atoms with Gasteiger partial charge in [-0.1, -0.05) is 19.3 Å². The average molecular weight is 288 g/mol. The third-order valence-electron chi connectivity index (χ3n) is 4.61. The summed E-state index contributed by atoms with van der Waals surface area (Å²) in [7, 11) is 0. The molecule has 0 radical (unpaired) electrons. The summed E-state index contributed by atoms with van der Waals surface area (Å²) in [5, 5.41) is 18.6. The highest BCUT2D eigenvalue weighted by Gasteiger charge is 2.17. The van der Waals surface area contributed by atoms with Gasteiger partial charge in [0.25, 0.3) is 0 Å². The van der Waals surface area contributed by atoms with Gasteiger partial charge < -0.3 is 5.11 Å². The molecule has 21 heavy (non-hydrogen) atoms. The van der Waals surface area contributed by atoms with Crippen LogP contribution < -0.4 is 0 Å². The van der Waals surface area contributed by atoms with Gasteiger partial charge in [0.15, 0.2) is 0 Å². The Morgan fingerprint density at radius 1 is 1.19 bits per heavy atom. The zero-order chi connectivity index (χ0) is 14.8. The summed E-state index contributed by atoms with van der Waals surface area (Å²) < 4.78 is 4.07. The standard InChI is InChI=1S/C16H24N4O/c1-12-16(11-21)13(2)20(17-12)10-14-8-9-19(18-14)15-6-4-3-5-7-15/h8-9,15,21H,3-7,10-11H2,1-2H3. The van der Waals surface area contributed by atoms with Gasteiger partial charge in [-0.05, 0) is 32.8 Å². The fourth-order valence-electron chi connectivity index (χ4n) is 3.28. The van der Waals surface area contributed by atoms with Crippen LogP contribution in [0, 0.1) is 13.8 Å². The normalized spacial score (nSPS) is 16.5. The Balaban J connectivity index is 1.75. The maximum absolute atomic E-state index is 9.38. The van der Waals surface area contributed by atoms with E-state index in [1.807, 2.05) is 18.5 Å². The number of aromatic nitrogens is 4. The van der Waals surface area contributed by atoms with Crippen molar-refractivity contribution in [2.75, 3.05) is 0 Å². The van der Waals surface area contributed by atoms with Crippen molar-refractivity contribution in [3.63, 3.8) is 0 Å². The molecule has 114 valence electrons. The minimum absolute atomic E-state index is 0.0498. The highest BCUT2D eigenvalue weighted by Crippen LogP contribution is 2.27. The summed E-state index contributed by atoms with van der Waals surface area (Å²) in [4.78, 5) is 0. The highest BCUT2D eigenvalue weighted by molar-refractivity contribution is 5.24. The zero-order valence-corrected chi connectivity index (χ0v) is 12.9. The van der Waals surface area contributed by atoms with E-state index in [9.17, 15) is 5.11 Å². The Kier molecular flexibility index (Phi) is 4.10. The molecule has 0 spiro atoms. The first-order valence-electron chi connectivity index (χ1n) is 7.87. The van der Waals surface area contributed by atoms with Crippen LogP contribution in [0.2, 0.25) is 0 Å². The molecule has 0 saturated heterocycles. The molecule has 5 nitrogen and oxygen atoms in total. The van der Waals surface area contributed by atoms with Gasteiger partial charge in [0.1, 0.15) is 0 Å². The Hall–Kier alpha value is -1.62. The first kappa shape index (κ1) is 14.3. The largest absolute Gasteiger partial charge is 0.392 e. The third kappa shape index (κ3) is 2.88. The van der Waals surface area contributed by atoms with Gasteiger partial charge in [-0.25, -0.2) is 0 Å². The van der Waals surface area contributed by atoms with Crippen molar-refractivity contribution in [1.82, 2.24) is 19.6 Å². The van der Waals surface area contributed by atoms with Gasteiger partial charge in [0.2, 0.25) is 0 Å². The van der Waals surface area contributed by atoms with Crippen LogP contribution in [0.3, 0.4) is 0 Å². The van der Waals surface area contributed by atoms with Crippen LogP contribution in [0.4, 0.5) is 0 Å². The number of hydrogen-bond donors (Lipinski definition) is 1. The van der Waals surface area contributed by atoms with E-state index in [0.29, 0.717) is 12.6 Å². The van der Waals surface area contributed by atoms with Crippen LogP contribution in [-0.4, -0.2) is 24.7 Å². The van der Waals surface area contributed by atoms with E-state index in [1.54, 1.807) is 0 Å². The monoisotopic (exact) mass is 288 g/mol. The maximum Gasteiger partial charge on any atom is 0.0853 e. The number of aliphatic hydroxyl groups excluding tert-OH is 1. The van der Waals surface area contributed by atoms with Crippen molar-refractivity contribution in [2.45, 2.75) is 65.1 Å². The molecule has 0 amide bonds. The molecular formula is C16H24N4O. The van der Waals surface area contributed by atoms with Crippen LogP contribution in [0.1, 0.15) is 60.8 Å². The lowest BCUT2D eigenvalue weighted by Gasteiger charge is -2.21. The van der Waals surface area contributed by atoms with Gasteiger partial charge in [-0.15, -0.1) is 0 Å². The average Bonchev–Trinajstić information content (AvgIpc) is 3.06. The minimum atomic E-state index is 0.0498. The maximum atomic E-state index is 9.38. The van der Waals surface area contributed by atoms with Gasteiger partial charge >= 0.3 is 0 Å².